The van der Waals surface area contributed by atoms with Crippen molar-refractivity contribution < 1.29 is 38.5 Å². The molecule has 51 heavy (non-hydrogen) atoms. The van der Waals surface area contributed by atoms with Crippen LogP contribution < -0.4 is 5.32 Å². The van der Waals surface area contributed by atoms with E-state index < -0.39 is 59.6 Å². The summed E-state index contributed by atoms with van der Waals surface area (Å²) in [6, 6.07) is 16.1. The maximum Gasteiger partial charge on any atom is 0.313 e. The van der Waals surface area contributed by atoms with Crippen LogP contribution in [0.5, 0.6) is 0 Å². The average molecular weight is 702 g/mol. The molecule has 11 heteroatoms. The number of carbonyl (C=O) groups excluding carboxylic acids is 4. The molecule has 3 aliphatic heterocycles. The summed E-state index contributed by atoms with van der Waals surface area (Å²) in [7, 11) is 1.50. The second-order valence-electron chi connectivity index (χ2n) is 14.0. The molecule has 2 N–H and O–H groups in total. The Hall–Kier alpha value is -4.32. The molecule has 0 unspecified atom stereocenters. The monoisotopic (exact) mass is 701 g/mol. The number of benzene rings is 2. The van der Waals surface area contributed by atoms with E-state index in [4.69, 9.17) is 14.2 Å². The summed E-state index contributed by atoms with van der Waals surface area (Å²) in [5, 5.41) is 13.6. The molecular formula is C40H51N3O8. The first kappa shape index (κ1) is 37.9. The fourth-order valence-corrected chi connectivity index (χ4v) is 8.11. The van der Waals surface area contributed by atoms with E-state index in [2.05, 4.69) is 18.5 Å². The number of hydrogen-bond acceptors (Lipinski definition) is 8. The molecule has 0 saturated carbocycles. The normalized spacial score (nSPS) is 25.2. The number of aliphatic hydroxyl groups is 1. The minimum Gasteiger partial charge on any atom is -0.455 e. The summed E-state index contributed by atoms with van der Waals surface area (Å²) in [5.41, 5.74) is 0.255. The molecule has 2 aromatic rings. The Morgan fingerprint density at radius 2 is 1.78 bits per heavy atom. The van der Waals surface area contributed by atoms with Gasteiger partial charge in [0.15, 0.2) is 0 Å². The van der Waals surface area contributed by atoms with Crippen molar-refractivity contribution in [1.82, 2.24) is 15.1 Å². The van der Waals surface area contributed by atoms with Gasteiger partial charge in [-0.15, -0.1) is 13.2 Å². The first-order valence-corrected chi connectivity index (χ1v) is 17.8. The number of amides is 3. The Morgan fingerprint density at radius 3 is 2.39 bits per heavy atom. The number of likely N-dealkylation sites (tertiary alicyclic amines) is 1. The molecule has 0 radical (unpaired) electrons. The molecule has 3 saturated heterocycles. The van der Waals surface area contributed by atoms with Crippen molar-refractivity contribution >= 4 is 23.7 Å². The molecule has 0 aliphatic carbocycles. The van der Waals surface area contributed by atoms with Crippen molar-refractivity contribution in [3.63, 3.8) is 0 Å². The van der Waals surface area contributed by atoms with Crippen molar-refractivity contribution in [3.05, 3.63) is 97.1 Å². The van der Waals surface area contributed by atoms with E-state index in [9.17, 15) is 24.3 Å². The summed E-state index contributed by atoms with van der Waals surface area (Å²) in [4.78, 5) is 60.0. The number of hydrogen-bond donors (Lipinski definition) is 2. The minimum atomic E-state index is -1.30. The number of fused-ring (bicyclic) bond motifs is 1. The molecule has 3 heterocycles. The number of esters is 1. The van der Waals surface area contributed by atoms with Crippen molar-refractivity contribution in [3.8, 4) is 0 Å². The van der Waals surface area contributed by atoms with Crippen LogP contribution in [0.4, 0.5) is 0 Å². The first-order chi connectivity index (χ1) is 24.6. The zero-order valence-corrected chi connectivity index (χ0v) is 29.8. The quantitative estimate of drug-likeness (QED) is 0.176. The molecule has 274 valence electrons. The number of rotatable bonds is 18. The average Bonchev–Trinajstić information content (AvgIpc) is 3.77. The Morgan fingerprint density at radius 1 is 1.10 bits per heavy atom. The van der Waals surface area contributed by atoms with E-state index >= 15 is 0 Å². The molecule has 11 nitrogen and oxygen atoms in total. The van der Waals surface area contributed by atoms with Gasteiger partial charge in [-0.3, -0.25) is 19.2 Å². The highest BCUT2D eigenvalue weighted by Crippen LogP contribution is 2.59. The molecule has 0 aromatic heterocycles. The Kier molecular flexibility index (Phi) is 12.5. The maximum atomic E-state index is 14.8. The molecule has 2 bridgehead atoms. The predicted octanol–water partition coefficient (Wildman–Crippen LogP) is 3.97. The predicted molar refractivity (Wildman–Crippen MR) is 191 cm³/mol. The maximum absolute atomic E-state index is 14.8. The molecule has 2 aromatic carbocycles. The molecule has 3 aliphatic rings. The third-order valence-electron chi connectivity index (χ3n) is 10.4. The lowest BCUT2D eigenvalue weighted by atomic mass is 9.70. The Bertz CT molecular complexity index is 1550. The van der Waals surface area contributed by atoms with Crippen molar-refractivity contribution in [2.24, 2.45) is 17.8 Å². The highest BCUT2D eigenvalue weighted by Gasteiger charge is 2.76. The lowest BCUT2D eigenvalue weighted by molar-refractivity contribution is -0.164. The van der Waals surface area contributed by atoms with Gasteiger partial charge in [0.05, 0.1) is 43.2 Å². The summed E-state index contributed by atoms with van der Waals surface area (Å²) in [6.45, 7) is 11.5. The molecule has 8 atom stereocenters. The van der Waals surface area contributed by atoms with Gasteiger partial charge in [-0.05, 0) is 36.3 Å². The second-order valence-corrected chi connectivity index (χ2v) is 14.0. The number of allylic oxidation sites excluding steroid dienone is 1. The van der Waals surface area contributed by atoms with Crippen LogP contribution in [0.3, 0.4) is 0 Å². The fourth-order valence-electron chi connectivity index (χ4n) is 8.11. The van der Waals surface area contributed by atoms with Gasteiger partial charge in [-0.25, -0.2) is 0 Å². The van der Waals surface area contributed by atoms with E-state index in [1.165, 1.54) is 12.0 Å². The van der Waals surface area contributed by atoms with Crippen LogP contribution in [0.15, 0.2) is 86.0 Å². The molecule has 3 amide bonds. The molecule has 3 fully saturated rings. The van der Waals surface area contributed by atoms with Crippen LogP contribution in [0.25, 0.3) is 0 Å². The van der Waals surface area contributed by atoms with Crippen LogP contribution >= 0.6 is 0 Å². The van der Waals surface area contributed by atoms with E-state index in [-0.39, 0.29) is 50.5 Å². The van der Waals surface area contributed by atoms with Gasteiger partial charge in [0.1, 0.15) is 17.7 Å². The minimum absolute atomic E-state index is 0.0566. The SMILES string of the molecule is C=CCCC(=O)N[C@@H](COC)[C@@H](OC(=O)[C@@H]1[C@H]2C(=O)N([C@@H](CO)C(C)C)[C@H](C(=O)N(CC=C)Cc3ccccc3)[C@]23CC[C@H]1O3)c1ccccc1. The van der Waals surface area contributed by atoms with Crippen molar-refractivity contribution in [2.45, 2.75) is 82.0 Å². The standard InChI is InChI=1S/C40H51N3O8/c1-6-8-19-32(45)41-29(25-49-5)35(28-17-13-10-14-18-28)50-39(48)33-31-20-21-40(51-31)34(33)37(46)43(30(24-44)26(3)4)36(40)38(47)42(22-7-2)23-27-15-11-9-12-16-27/h6-7,9-18,26,29-31,33-36,44H,1-2,8,19-25H2,3-5H3,(H,41,45)/t29-,30-,31+,33-,34-,35-,36+,40-/m0/s1. The second kappa shape index (κ2) is 16.8. The third kappa shape index (κ3) is 7.66. The van der Waals surface area contributed by atoms with E-state index in [1.807, 2.05) is 74.5 Å². The van der Waals surface area contributed by atoms with Crippen LogP contribution in [0.2, 0.25) is 0 Å². The zero-order chi connectivity index (χ0) is 36.7. The lowest BCUT2D eigenvalue weighted by Gasteiger charge is -2.40. The van der Waals surface area contributed by atoms with Crippen molar-refractivity contribution in [1.29, 1.82) is 0 Å². The number of nitrogens with zero attached hydrogens (tertiary/aromatic N) is 2. The molecular weight excluding hydrogens is 650 g/mol. The van der Waals surface area contributed by atoms with Gasteiger partial charge in [0.25, 0.3) is 0 Å². The summed E-state index contributed by atoms with van der Waals surface area (Å²) < 4.78 is 18.5. The largest absolute Gasteiger partial charge is 0.455 e. The van der Waals surface area contributed by atoms with E-state index in [0.29, 0.717) is 24.8 Å². The Labute approximate surface area is 300 Å². The van der Waals surface area contributed by atoms with Gasteiger partial charge in [-0.2, -0.15) is 0 Å². The van der Waals surface area contributed by atoms with Gasteiger partial charge < -0.3 is 34.4 Å². The fraction of sp³-hybridized carbons (Fsp3) is 0.500. The van der Waals surface area contributed by atoms with Gasteiger partial charge in [0.2, 0.25) is 17.7 Å². The van der Waals surface area contributed by atoms with E-state index in [0.717, 1.165) is 5.56 Å². The number of aliphatic hydroxyl groups excluding tert-OH is 1. The third-order valence-corrected chi connectivity index (χ3v) is 10.4. The smallest absolute Gasteiger partial charge is 0.313 e. The Balaban J connectivity index is 1.51. The highest BCUT2D eigenvalue weighted by atomic mass is 16.6. The molecule has 5 rings (SSSR count). The van der Waals surface area contributed by atoms with Crippen molar-refractivity contribution in [2.75, 3.05) is 26.9 Å². The van der Waals surface area contributed by atoms with Crippen LogP contribution in [-0.4, -0.2) is 95.3 Å². The van der Waals surface area contributed by atoms with Gasteiger partial charge in [-0.1, -0.05) is 86.7 Å². The number of methoxy groups -OCH3 is 1. The van der Waals surface area contributed by atoms with Gasteiger partial charge in [0, 0.05) is 26.6 Å². The topological polar surface area (TPSA) is 135 Å². The highest BCUT2D eigenvalue weighted by molar-refractivity contribution is 5.98. The number of carbonyl (C=O) groups is 4. The van der Waals surface area contributed by atoms with Gasteiger partial charge >= 0.3 is 5.97 Å². The summed E-state index contributed by atoms with van der Waals surface area (Å²) in [6.07, 6.45) is 3.22. The van der Waals surface area contributed by atoms with E-state index in [1.54, 1.807) is 17.1 Å². The lowest BCUT2D eigenvalue weighted by Crippen LogP contribution is -2.59. The number of nitrogens with one attached hydrogen (secondary N) is 1. The zero-order valence-electron chi connectivity index (χ0n) is 29.8. The first-order valence-electron chi connectivity index (χ1n) is 17.8. The van der Waals surface area contributed by atoms with Crippen LogP contribution in [0.1, 0.15) is 56.8 Å². The van der Waals surface area contributed by atoms with Crippen LogP contribution in [0, 0.1) is 17.8 Å². The van der Waals surface area contributed by atoms with Crippen LogP contribution in [-0.2, 0) is 39.9 Å². The number of ether oxygens (including phenoxy) is 3. The molecule has 1 spiro atoms. The summed E-state index contributed by atoms with van der Waals surface area (Å²) >= 11 is 0. The summed E-state index contributed by atoms with van der Waals surface area (Å²) in [5.74, 6) is -3.85.